The highest BCUT2D eigenvalue weighted by Gasteiger charge is 2.19. The Morgan fingerprint density at radius 2 is 1.96 bits per heavy atom. The number of amides is 1. The smallest absolute Gasteiger partial charge is 0.335 e. The molecule has 0 unspecified atom stereocenters. The molecule has 6 heteroatoms. The van der Waals surface area contributed by atoms with E-state index in [0.29, 0.717) is 22.6 Å². The number of carboxylic acids is 1. The van der Waals surface area contributed by atoms with Crippen molar-refractivity contribution in [2.75, 3.05) is 0 Å². The molecule has 0 radical (unpaired) electrons. The average Bonchev–Trinajstić information content (AvgIpc) is 3.15. The van der Waals surface area contributed by atoms with Gasteiger partial charge in [-0.2, -0.15) is 5.26 Å². The van der Waals surface area contributed by atoms with Gasteiger partial charge in [0, 0.05) is 17.7 Å². The lowest BCUT2D eigenvalue weighted by Gasteiger charge is -2.22. The van der Waals surface area contributed by atoms with Crippen molar-refractivity contribution in [1.82, 2.24) is 5.32 Å². The van der Waals surface area contributed by atoms with Crippen molar-refractivity contribution >= 4 is 18.0 Å². The van der Waals surface area contributed by atoms with E-state index in [0.717, 1.165) is 25.7 Å². The zero-order valence-electron chi connectivity index (χ0n) is 15.7. The van der Waals surface area contributed by atoms with Gasteiger partial charge in [-0.25, -0.2) is 4.79 Å². The first-order valence-electron chi connectivity index (χ1n) is 9.35. The van der Waals surface area contributed by atoms with Gasteiger partial charge >= 0.3 is 5.97 Å². The molecule has 1 fully saturated rings. The number of furan rings is 1. The van der Waals surface area contributed by atoms with E-state index in [4.69, 9.17) is 4.42 Å². The lowest BCUT2D eigenvalue weighted by Crippen LogP contribution is -2.36. The number of carbonyl (C=O) groups excluding carboxylic acids is 1. The van der Waals surface area contributed by atoms with E-state index in [9.17, 15) is 20.0 Å². The molecule has 28 heavy (non-hydrogen) atoms. The molecule has 0 spiro atoms. The SMILES string of the molecule is Cc1c(C(=O)O)cccc1-c1ccc(/C=C(\C#N)C(=O)NC2CCCCC2)o1. The van der Waals surface area contributed by atoms with Crippen LogP contribution in [0, 0.1) is 18.3 Å². The molecule has 0 bridgehead atoms. The van der Waals surface area contributed by atoms with Crippen LogP contribution in [0.25, 0.3) is 17.4 Å². The molecule has 1 aromatic heterocycles. The Hall–Kier alpha value is -3.33. The minimum atomic E-state index is -1.00. The number of nitrogens with one attached hydrogen (secondary N) is 1. The second-order valence-corrected chi connectivity index (χ2v) is 6.96. The molecule has 1 amide bonds. The molecule has 2 aromatic rings. The summed E-state index contributed by atoms with van der Waals surface area (Å²) >= 11 is 0. The van der Waals surface area contributed by atoms with Crippen LogP contribution in [0.4, 0.5) is 0 Å². The Bertz CT molecular complexity index is 959. The molecule has 1 saturated carbocycles. The van der Waals surface area contributed by atoms with Gasteiger partial charge in [-0.15, -0.1) is 0 Å². The highest BCUT2D eigenvalue weighted by Crippen LogP contribution is 2.28. The molecular formula is C22H22N2O4. The predicted molar refractivity (Wildman–Crippen MR) is 104 cm³/mol. The molecule has 1 aliphatic carbocycles. The van der Waals surface area contributed by atoms with Crippen LogP contribution in [-0.4, -0.2) is 23.0 Å². The van der Waals surface area contributed by atoms with Crippen molar-refractivity contribution in [3.05, 3.63) is 52.8 Å². The van der Waals surface area contributed by atoms with Crippen molar-refractivity contribution in [1.29, 1.82) is 5.26 Å². The maximum absolute atomic E-state index is 12.4. The van der Waals surface area contributed by atoms with Gasteiger partial charge < -0.3 is 14.8 Å². The van der Waals surface area contributed by atoms with Crippen LogP contribution in [0.2, 0.25) is 0 Å². The van der Waals surface area contributed by atoms with Crippen LogP contribution in [0.3, 0.4) is 0 Å². The summed E-state index contributed by atoms with van der Waals surface area (Å²) in [6, 6.07) is 10.4. The number of nitriles is 1. The fraction of sp³-hybridized carbons (Fsp3) is 0.318. The van der Waals surface area contributed by atoms with Crippen molar-refractivity contribution in [3.63, 3.8) is 0 Å². The Kier molecular flexibility index (Phi) is 5.95. The second-order valence-electron chi connectivity index (χ2n) is 6.96. The van der Waals surface area contributed by atoms with Crippen LogP contribution in [-0.2, 0) is 4.79 Å². The fourth-order valence-corrected chi connectivity index (χ4v) is 3.51. The Labute approximate surface area is 163 Å². The number of nitrogens with zero attached hydrogens (tertiary/aromatic N) is 1. The molecule has 0 saturated heterocycles. The third-order valence-corrected chi connectivity index (χ3v) is 5.05. The van der Waals surface area contributed by atoms with Gasteiger partial charge in [-0.3, -0.25) is 4.79 Å². The van der Waals surface area contributed by atoms with Crippen LogP contribution >= 0.6 is 0 Å². The minimum Gasteiger partial charge on any atom is -0.478 e. The van der Waals surface area contributed by atoms with Crippen molar-refractivity contribution in [2.45, 2.75) is 45.1 Å². The summed E-state index contributed by atoms with van der Waals surface area (Å²) in [5.41, 5.74) is 1.44. The van der Waals surface area contributed by atoms with Crippen molar-refractivity contribution in [3.8, 4) is 17.4 Å². The number of aromatic carboxylic acids is 1. The zero-order chi connectivity index (χ0) is 20.1. The van der Waals surface area contributed by atoms with Crippen LogP contribution in [0.1, 0.15) is 53.8 Å². The van der Waals surface area contributed by atoms with Crippen LogP contribution < -0.4 is 5.32 Å². The monoisotopic (exact) mass is 378 g/mol. The maximum atomic E-state index is 12.4. The first-order chi connectivity index (χ1) is 13.5. The molecule has 6 nitrogen and oxygen atoms in total. The quantitative estimate of drug-likeness (QED) is 0.596. The summed E-state index contributed by atoms with van der Waals surface area (Å²) in [5.74, 6) is -0.545. The Morgan fingerprint density at radius 1 is 1.21 bits per heavy atom. The second kappa shape index (κ2) is 8.57. The number of hydrogen-bond donors (Lipinski definition) is 2. The largest absolute Gasteiger partial charge is 0.478 e. The fourth-order valence-electron chi connectivity index (χ4n) is 3.51. The highest BCUT2D eigenvalue weighted by atomic mass is 16.4. The van der Waals surface area contributed by atoms with E-state index < -0.39 is 11.9 Å². The van der Waals surface area contributed by atoms with E-state index in [1.54, 1.807) is 31.2 Å². The molecule has 144 valence electrons. The zero-order valence-corrected chi connectivity index (χ0v) is 15.7. The standard InChI is InChI=1S/C22H22N2O4/c1-14-18(8-5-9-19(14)22(26)27)20-11-10-17(28-20)12-15(13-23)21(25)24-16-6-3-2-4-7-16/h5,8-12,16H,2-4,6-7H2,1H3,(H,24,25)(H,26,27)/b15-12+. The maximum Gasteiger partial charge on any atom is 0.335 e. The highest BCUT2D eigenvalue weighted by molar-refractivity contribution is 6.01. The van der Waals surface area contributed by atoms with E-state index in [2.05, 4.69) is 5.32 Å². The number of benzene rings is 1. The van der Waals surface area contributed by atoms with E-state index in [1.165, 1.54) is 18.6 Å². The third-order valence-electron chi connectivity index (χ3n) is 5.05. The third kappa shape index (κ3) is 4.32. The summed E-state index contributed by atoms with van der Waals surface area (Å²) in [4.78, 5) is 23.7. The Morgan fingerprint density at radius 3 is 2.64 bits per heavy atom. The van der Waals surface area contributed by atoms with Gasteiger partial charge in [0.15, 0.2) is 0 Å². The Balaban J connectivity index is 1.81. The first-order valence-corrected chi connectivity index (χ1v) is 9.35. The molecule has 1 aromatic carbocycles. The number of carbonyl (C=O) groups is 2. The van der Waals surface area contributed by atoms with Gasteiger partial charge in [0.1, 0.15) is 23.2 Å². The van der Waals surface area contributed by atoms with E-state index in [-0.39, 0.29) is 17.2 Å². The van der Waals surface area contributed by atoms with Gasteiger partial charge in [-0.1, -0.05) is 31.4 Å². The predicted octanol–water partition coefficient (Wildman–Crippen LogP) is 4.31. The van der Waals surface area contributed by atoms with Gasteiger partial charge in [0.25, 0.3) is 5.91 Å². The van der Waals surface area contributed by atoms with Crippen LogP contribution in [0.5, 0.6) is 0 Å². The average molecular weight is 378 g/mol. The summed E-state index contributed by atoms with van der Waals surface area (Å²) in [6.45, 7) is 1.72. The lowest BCUT2D eigenvalue weighted by molar-refractivity contribution is -0.117. The van der Waals surface area contributed by atoms with Gasteiger partial charge in [0.2, 0.25) is 0 Å². The normalized spacial score (nSPS) is 15.1. The van der Waals surface area contributed by atoms with Gasteiger partial charge in [0.05, 0.1) is 5.56 Å². The summed E-state index contributed by atoms with van der Waals surface area (Å²) in [7, 11) is 0. The summed E-state index contributed by atoms with van der Waals surface area (Å²) in [6.07, 6.45) is 6.66. The number of rotatable bonds is 5. The molecule has 0 aliphatic heterocycles. The lowest BCUT2D eigenvalue weighted by atomic mass is 9.95. The van der Waals surface area contributed by atoms with Gasteiger partial charge in [-0.05, 0) is 43.5 Å². The van der Waals surface area contributed by atoms with Crippen molar-refractivity contribution < 1.29 is 19.1 Å². The molecule has 1 heterocycles. The first kappa shape index (κ1) is 19.4. The minimum absolute atomic E-state index is 0.0116. The number of carboxylic acid groups (broad SMARTS) is 1. The molecular weight excluding hydrogens is 356 g/mol. The topological polar surface area (TPSA) is 103 Å². The molecule has 3 rings (SSSR count). The summed E-state index contributed by atoms with van der Waals surface area (Å²) < 4.78 is 5.76. The van der Waals surface area contributed by atoms with E-state index in [1.807, 2.05) is 6.07 Å². The molecule has 2 N–H and O–H groups in total. The van der Waals surface area contributed by atoms with E-state index >= 15 is 0 Å². The summed E-state index contributed by atoms with van der Waals surface area (Å²) in [5, 5.41) is 21.6. The van der Waals surface area contributed by atoms with Crippen molar-refractivity contribution in [2.24, 2.45) is 0 Å². The molecule has 1 aliphatic rings. The molecule has 0 atom stereocenters. The van der Waals surface area contributed by atoms with Crippen LogP contribution in [0.15, 0.2) is 40.3 Å². The number of hydrogen-bond acceptors (Lipinski definition) is 4.